The number of non-ortho nitro benzene ring substituents is 1. The average Bonchev–Trinajstić information content (AvgIpc) is 2.34. The van der Waals surface area contributed by atoms with Crippen molar-refractivity contribution in [1.29, 1.82) is 0 Å². The van der Waals surface area contributed by atoms with E-state index in [4.69, 9.17) is 0 Å². The molecule has 100 valence electrons. The summed E-state index contributed by atoms with van der Waals surface area (Å²) in [7, 11) is 0. The Kier molecular flexibility index (Phi) is 6.75. The van der Waals surface area contributed by atoms with Gasteiger partial charge in [-0.1, -0.05) is 26.0 Å². The molecule has 0 unspecified atom stereocenters. The molecule has 0 spiro atoms. The van der Waals surface area contributed by atoms with Gasteiger partial charge in [-0.05, 0) is 23.8 Å². The predicted octanol–water partition coefficient (Wildman–Crippen LogP) is 2.87. The van der Waals surface area contributed by atoms with Gasteiger partial charge < -0.3 is 5.32 Å². The van der Waals surface area contributed by atoms with Crippen LogP contribution in [0.2, 0.25) is 0 Å². The van der Waals surface area contributed by atoms with Crippen molar-refractivity contribution in [1.82, 2.24) is 5.32 Å². The molecule has 0 amide bonds. The first-order valence-corrected chi connectivity index (χ1v) is 7.20. The van der Waals surface area contributed by atoms with Gasteiger partial charge in [0, 0.05) is 24.4 Å². The number of thioether (sulfide) groups is 1. The Hall–Kier alpha value is -1.07. The van der Waals surface area contributed by atoms with Crippen LogP contribution in [0.1, 0.15) is 19.4 Å². The van der Waals surface area contributed by atoms with Crippen LogP contribution in [0.25, 0.3) is 0 Å². The first-order valence-electron chi connectivity index (χ1n) is 6.15. The van der Waals surface area contributed by atoms with Crippen LogP contribution in [0.5, 0.6) is 0 Å². The molecule has 0 saturated heterocycles. The zero-order chi connectivity index (χ0) is 13.4. The van der Waals surface area contributed by atoms with Crippen LogP contribution >= 0.6 is 11.8 Å². The monoisotopic (exact) mass is 268 g/mol. The SMILES string of the molecule is CC(C)SCCNCCc1ccc([N+](=O)[O-])cc1. The Morgan fingerprint density at radius 1 is 1.28 bits per heavy atom. The van der Waals surface area contributed by atoms with Crippen LogP contribution in [0.3, 0.4) is 0 Å². The molecule has 0 radical (unpaired) electrons. The molecule has 0 aliphatic heterocycles. The van der Waals surface area contributed by atoms with Gasteiger partial charge in [-0.3, -0.25) is 10.1 Å². The van der Waals surface area contributed by atoms with Crippen LogP contribution in [0.4, 0.5) is 5.69 Å². The molecule has 0 heterocycles. The Morgan fingerprint density at radius 2 is 1.94 bits per heavy atom. The Balaban J connectivity index is 2.17. The van der Waals surface area contributed by atoms with Crippen LogP contribution in [0, 0.1) is 10.1 Å². The number of hydrogen-bond acceptors (Lipinski definition) is 4. The number of hydrogen-bond donors (Lipinski definition) is 1. The van der Waals surface area contributed by atoms with Crippen molar-refractivity contribution in [3.63, 3.8) is 0 Å². The summed E-state index contributed by atoms with van der Waals surface area (Å²) in [6.45, 7) is 6.31. The Labute approximate surface area is 112 Å². The fourth-order valence-electron chi connectivity index (χ4n) is 1.51. The molecular formula is C13H20N2O2S. The summed E-state index contributed by atoms with van der Waals surface area (Å²) < 4.78 is 0. The van der Waals surface area contributed by atoms with E-state index in [9.17, 15) is 10.1 Å². The summed E-state index contributed by atoms with van der Waals surface area (Å²) in [4.78, 5) is 10.1. The summed E-state index contributed by atoms with van der Waals surface area (Å²) in [5.74, 6) is 1.12. The maximum absolute atomic E-state index is 10.5. The highest BCUT2D eigenvalue weighted by molar-refractivity contribution is 7.99. The zero-order valence-electron chi connectivity index (χ0n) is 10.9. The Morgan fingerprint density at radius 3 is 2.50 bits per heavy atom. The van der Waals surface area contributed by atoms with Crippen molar-refractivity contribution in [3.05, 3.63) is 39.9 Å². The molecular weight excluding hydrogens is 248 g/mol. The molecule has 0 aliphatic carbocycles. The van der Waals surface area contributed by atoms with Gasteiger partial charge in [-0.2, -0.15) is 11.8 Å². The first-order chi connectivity index (χ1) is 8.59. The lowest BCUT2D eigenvalue weighted by molar-refractivity contribution is -0.384. The normalized spacial score (nSPS) is 10.8. The fourth-order valence-corrected chi connectivity index (χ4v) is 2.24. The topological polar surface area (TPSA) is 55.2 Å². The quantitative estimate of drug-likeness (QED) is 0.447. The van der Waals surface area contributed by atoms with E-state index in [1.807, 2.05) is 23.9 Å². The molecule has 5 heteroatoms. The van der Waals surface area contributed by atoms with Crippen LogP contribution in [-0.4, -0.2) is 29.0 Å². The van der Waals surface area contributed by atoms with Crippen molar-refractivity contribution < 1.29 is 4.92 Å². The van der Waals surface area contributed by atoms with Gasteiger partial charge in [0.05, 0.1) is 4.92 Å². The van der Waals surface area contributed by atoms with Gasteiger partial charge in [0.2, 0.25) is 0 Å². The van der Waals surface area contributed by atoms with Crippen LogP contribution in [-0.2, 0) is 6.42 Å². The number of benzene rings is 1. The summed E-state index contributed by atoms with van der Waals surface area (Å²) >= 11 is 1.95. The maximum Gasteiger partial charge on any atom is 0.269 e. The lowest BCUT2D eigenvalue weighted by Gasteiger charge is -2.06. The first kappa shape index (κ1) is 15.0. The van der Waals surface area contributed by atoms with Crippen molar-refractivity contribution >= 4 is 17.4 Å². The molecule has 1 aromatic rings. The Bertz CT molecular complexity index is 366. The van der Waals surface area contributed by atoms with Gasteiger partial charge in [0.15, 0.2) is 0 Å². The lowest BCUT2D eigenvalue weighted by Crippen LogP contribution is -2.20. The third-order valence-corrected chi connectivity index (χ3v) is 3.57. The van der Waals surface area contributed by atoms with E-state index in [2.05, 4.69) is 19.2 Å². The summed E-state index contributed by atoms with van der Waals surface area (Å²) in [6.07, 6.45) is 0.907. The molecule has 0 atom stereocenters. The zero-order valence-corrected chi connectivity index (χ0v) is 11.7. The van der Waals surface area contributed by atoms with Crippen molar-refractivity contribution in [3.8, 4) is 0 Å². The van der Waals surface area contributed by atoms with Gasteiger partial charge in [-0.15, -0.1) is 0 Å². The van der Waals surface area contributed by atoms with Crippen molar-refractivity contribution in [2.75, 3.05) is 18.8 Å². The van der Waals surface area contributed by atoms with E-state index < -0.39 is 0 Å². The number of nitrogens with one attached hydrogen (secondary N) is 1. The highest BCUT2D eigenvalue weighted by Gasteiger charge is 2.03. The molecule has 0 aliphatic rings. The van der Waals surface area contributed by atoms with Gasteiger partial charge in [-0.25, -0.2) is 0 Å². The summed E-state index contributed by atoms with van der Waals surface area (Å²) in [5, 5.41) is 14.5. The van der Waals surface area contributed by atoms with Crippen molar-refractivity contribution in [2.24, 2.45) is 0 Å². The van der Waals surface area contributed by atoms with Crippen molar-refractivity contribution in [2.45, 2.75) is 25.5 Å². The van der Waals surface area contributed by atoms with Gasteiger partial charge >= 0.3 is 0 Å². The van der Waals surface area contributed by atoms with E-state index in [1.54, 1.807) is 12.1 Å². The van der Waals surface area contributed by atoms with Gasteiger partial charge in [0.1, 0.15) is 0 Å². The number of rotatable bonds is 8. The third-order valence-electron chi connectivity index (χ3n) is 2.47. The lowest BCUT2D eigenvalue weighted by atomic mass is 10.1. The standard InChI is InChI=1S/C13H20N2O2S/c1-11(2)18-10-9-14-8-7-12-3-5-13(6-4-12)15(16)17/h3-6,11,14H,7-10H2,1-2H3. The fraction of sp³-hybridized carbons (Fsp3) is 0.538. The largest absolute Gasteiger partial charge is 0.316 e. The number of nitrogens with zero attached hydrogens (tertiary/aromatic N) is 1. The smallest absolute Gasteiger partial charge is 0.269 e. The third kappa shape index (κ3) is 6.02. The number of nitro benzene ring substituents is 1. The molecule has 18 heavy (non-hydrogen) atoms. The molecule has 4 nitrogen and oxygen atoms in total. The van der Waals surface area contributed by atoms with E-state index in [0.29, 0.717) is 5.25 Å². The minimum atomic E-state index is -0.370. The van der Waals surface area contributed by atoms with E-state index >= 15 is 0 Å². The molecule has 0 aromatic heterocycles. The molecule has 0 fully saturated rings. The highest BCUT2D eigenvalue weighted by atomic mass is 32.2. The minimum absolute atomic E-state index is 0.153. The van der Waals surface area contributed by atoms with E-state index in [0.717, 1.165) is 30.8 Å². The minimum Gasteiger partial charge on any atom is -0.316 e. The van der Waals surface area contributed by atoms with E-state index in [1.165, 1.54) is 0 Å². The second kappa shape index (κ2) is 8.11. The van der Waals surface area contributed by atoms with E-state index in [-0.39, 0.29) is 10.6 Å². The highest BCUT2D eigenvalue weighted by Crippen LogP contribution is 2.12. The second-order valence-electron chi connectivity index (χ2n) is 4.34. The molecule has 0 bridgehead atoms. The average molecular weight is 268 g/mol. The predicted molar refractivity (Wildman–Crippen MR) is 77.3 cm³/mol. The maximum atomic E-state index is 10.5. The summed E-state index contributed by atoms with van der Waals surface area (Å²) in [5.41, 5.74) is 1.28. The molecule has 1 rings (SSSR count). The van der Waals surface area contributed by atoms with Crippen LogP contribution in [0.15, 0.2) is 24.3 Å². The molecule has 1 aromatic carbocycles. The second-order valence-corrected chi connectivity index (χ2v) is 6.03. The van der Waals surface area contributed by atoms with Crippen LogP contribution < -0.4 is 5.32 Å². The summed E-state index contributed by atoms with van der Waals surface area (Å²) in [6, 6.07) is 6.76. The number of nitro groups is 1. The van der Waals surface area contributed by atoms with Gasteiger partial charge in [0.25, 0.3) is 5.69 Å². The molecule has 1 N–H and O–H groups in total. The molecule has 0 saturated carbocycles.